The Kier molecular flexibility index (Phi) is 8.57. The summed E-state index contributed by atoms with van der Waals surface area (Å²) >= 11 is 6.14. The highest BCUT2D eigenvalue weighted by atomic mass is 35.5. The molecule has 4 rings (SSSR count). The van der Waals surface area contributed by atoms with E-state index in [4.69, 9.17) is 16.3 Å². The lowest BCUT2D eigenvalue weighted by atomic mass is 9.96. The smallest absolute Gasteiger partial charge is 0.248 e. The number of piperazine rings is 1. The number of hydrogen-bond acceptors (Lipinski definition) is 4. The average Bonchev–Trinajstić information content (AvgIpc) is 2.85. The first-order valence-electron chi connectivity index (χ1n) is 11.8. The molecular formula is C26H34ClN3O2. The van der Waals surface area contributed by atoms with Gasteiger partial charge in [-0.25, -0.2) is 0 Å². The predicted molar refractivity (Wildman–Crippen MR) is 129 cm³/mol. The molecule has 2 fully saturated rings. The van der Waals surface area contributed by atoms with Gasteiger partial charge in [-0.3, -0.25) is 14.6 Å². The number of rotatable bonds is 8. The fourth-order valence-electron chi connectivity index (χ4n) is 4.73. The van der Waals surface area contributed by atoms with Crippen molar-refractivity contribution in [2.45, 2.75) is 25.3 Å². The molecule has 2 aliphatic heterocycles. The third-order valence-corrected chi connectivity index (χ3v) is 6.81. The SMILES string of the molecule is O=C(COCCN1CCN([C@H](c2ccccc2)c2ccc(Cl)cc2)CC1)N1CCCCC1. The Hall–Kier alpha value is -1.92. The molecule has 0 spiro atoms. The summed E-state index contributed by atoms with van der Waals surface area (Å²) in [4.78, 5) is 19.2. The second-order valence-electron chi connectivity index (χ2n) is 8.74. The maximum absolute atomic E-state index is 12.2. The van der Waals surface area contributed by atoms with Gasteiger partial charge in [-0.05, 0) is 42.5 Å². The van der Waals surface area contributed by atoms with E-state index >= 15 is 0 Å². The first kappa shape index (κ1) is 23.2. The standard InChI is InChI=1S/C26H34ClN3O2/c27-24-11-9-23(10-12-24)26(22-7-3-1-4-8-22)30-17-15-28(16-18-30)19-20-32-21-25(31)29-13-5-2-6-14-29/h1,3-4,7-12,26H,2,5-6,13-21H2/t26-/m1/s1. The van der Waals surface area contributed by atoms with Crippen molar-refractivity contribution < 1.29 is 9.53 Å². The summed E-state index contributed by atoms with van der Waals surface area (Å²) in [5.41, 5.74) is 2.58. The highest BCUT2D eigenvalue weighted by Crippen LogP contribution is 2.30. The lowest BCUT2D eigenvalue weighted by Crippen LogP contribution is -2.48. The molecule has 172 valence electrons. The molecule has 2 aromatic rings. The van der Waals surface area contributed by atoms with Crippen molar-refractivity contribution in [3.8, 4) is 0 Å². The molecule has 1 amide bonds. The van der Waals surface area contributed by atoms with Crippen molar-refractivity contribution in [1.82, 2.24) is 14.7 Å². The van der Waals surface area contributed by atoms with Crippen LogP contribution in [0.5, 0.6) is 0 Å². The fourth-order valence-corrected chi connectivity index (χ4v) is 4.85. The zero-order valence-electron chi connectivity index (χ0n) is 18.8. The van der Waals surface area contributed by atoms with E-state index in [0.717, 1.165) is 63.7 Å². The van der Waals surface area contributed by atoms with Gasteiger partial charge in [0.15, 0.2) is 0 Å². The highest BCUT2D eigenvalue weighted by Gasteiger charge is 2.26. The van der Waals surface area contributed by atoms with E-state index in [2.05, 4.69) is 52.3 Å². The first-order chi connectivity index (χ1) is 15.7. The minimum Gasteiger partial charge on any atom is -0.370 e. The minimum absolute atomic E-state index is 0.142. The fraction of sp³-hybridized carbons (Fsp3) is 0.500. The largest absolute Gasteiger partial charge is 0.370 e. The zero-order valence-corrected chi connectivity index (χ0v) is 19.6. The van der Waals surface area contributed by atoms with E-state index in [1.54, 1.807) is 0 Å². The number of ether oxygens (including phenoxy) is 1. The van der Waals surface area contributed by atoms with Gasteiger partial charge >= 0.3 is 0 Å². The van der Waals surface area contributed by atoms with E-state index in [1.165, 1.54) is 17.5 Å². The molecule has 32 heavy (non-hydrogen) atoms. The van der Waals surface area contributed by atoms with E-state index in [0.29, 0.717) is 6.61 Å². The van der Waals surface area contributed by atoms with Crippen molar-refractivity contribution >= 4 is 17.5 Å². The summed E-state index contributed by atoms with van der Waals surface area (Å²) in [6.07, 6.45) is 3.48. The van der Waals surface area contributed by atoms with Crippen LogP contribution in [0.1, 0.15) is 36.4 Å². The molecule has 6 heteroatoms. The van der Waals surface area contributed by atoms with Crippen molar-refractivity contribution in [3.05, 3.63) is 70.7 Å². The van der Waals surface area contributed by atoms with Crippen molar-refractivity contribution in [2.24, 2.45) is 0 Å². The van der Waals surface area contributed by atoms with Crippen LogP contribution in [0.4, 0.5) is 0 Å². The van der Waals surface area contributed by atoms with Crippen LogP contribution >= 0.6 is 11.6 Å². The minimum atomic E-state index is 0.142. The molecule has 2 heterocycles. The molecule has 2 aromatic carbocycles. The lowest BCUT2D eigenvalue weighted by Gasteiger charge is -2.39. The molecular weight excluding hydrogens is 422 g/mol. The summed E-state index contributed by atoms with van der Waals surface area (Å²) in [7, 11) is 0. The Labute approximate surface area is 196 Å². The van der Waals surface area contributed by atoms with Gasteiger partial charge in [0.25, 0.3) is 0 Å². The number of carbonyl (C=O) groups is 1. The summed E-state index contributed by atoms with van der Waals surface area (Å²) in [5.74, 6) is 0.142. The van der Waals surface area contributed by atoms with Crippen molar-refractivity contribution in [2.75, 3.05) is 59.0 Å². The Morgan fingerprint density at radius 1 is 0.844 bits per heavy atom. The van der Waals surface area contributed by atoms with Gasteiger partial charge in [0, 0.05) is 50.8 Å². The number of hydrogen-bond donors (Lipinski definition) is 0. The monoisotopic (exact) mass is 455 g/mol. The van der Waals surface area contributed by atoms with Gasteiger partial charge < -0.3 is 9.64 Å². The molecule has 5 nitrogen and oxygen atoms in total. The summed E-state index contributed by atoms with van der Waals surface area (Å²) in [5, 5.41) is 0.768. The maximum Gasteiger partial charge on any atom is 0.248 e. The van der Waals surface area contributed by atoms with Crippen LogP contribution in [-0.4, -0.2) is 79.6 Å². The van der Waals surface area contributed by atoms with E-state index < -0.39 is 0 Å². The van der Waals surface area contributed by atoms with Gasteiger partial charge in [0.05, 0.1) is 12.6 Å². The van der Waals surface area contributed by atoms with E-state index in [1.807, 2.05) is 17.0 Å². The number of carbonyl (C=O) groups excluding carboxylic acids is 1. The molecule has 0 radical (unpaired) electrons. The van der Waals surface area contributed by atoms with Crippen LogP contribution in [-0.2, 0) is 9.53 Å². The molecule has 0 unspecified atom stereocenters. The van der Waals surface area contributed by atoms with Crippen LogP contribution in [0.3, 0.4) is 0 Å². The molecule has 1 atom stereocenters. The van der Waals surface area contributed by atoms with Gasteiger partial charge in [-0.2, -0.15) is 0 Å². The Bertz CT molecular complexity index is 832. The van der Waals surface area contributed by atoms with Crippen LogP contribution in [0.25, 0.3) is 0 Å². The molecule has 0 saturated carbocycles. The van der Waals surface area contributed by atoms with Gasteiger partial charge in [0.2, 0.25) is 5.91 Å². The normalized spacial score (nSPS) is 19.1. The van der Waals surface area contributed by atoms with Crippen LogP contribution < -0.4 is 0 Å². The summed E-state index contributed by atoms with van der Waals surface area (Å²) in [6, 6.07) is 19.2. The second kappa shape index (κ2) is 11.8. The zero-order chi connectivity index (χ0) is 22.2. The predicted octanol–water partition coefficient (Wildman–Crippen LogP) is 4.08. The first-order valence-corrected chi connectivity index (χ1v) is 12.2. The third-order valence-electron chi connectivity index (χ3n) is 6.56. The number of piperidine rings is 1. The lowest BCUT2D eigenvalue weighted by molar-refractivity contribution is -0.137. The maximum atomic E-state index is 12.2. The molecule has 0 aromatic heterocycles. The Morgan fingerprint density at radius 3 is 2.19 bits per heavy atom. The van der Waals surface area contributed by atoms with E-state index in [9.17, 15) is 4.79 Å². The number of nitrogens with zero attached hydrogens (tertiary/aromatic N) is 3. The Morgan fingerprint density at radius 2 is 1.50 bits per heavy atom. The average molecular weight is 456 g/mol. The van der Waals surface area contributed by atoms with Gasteiger partial charge in [-0.15, -0.1) is 0 Å². The molecule has 2 saturated heterocycles. The summed E-state index contributed by atoms with van der Waals surface area (Å²) in [6.45, 7) is 7.47. The third kappa shape index (κ3) is 6.32. The van der Waals surface area contributed by atoms with Crippen LogP contribution in [0.15, 0.2) is 54.6 Å². The van der Waals surface area contributed by atoms with Crippen LogP contribution in [0.2, 0.25) is 5.02 Å². The molecule has 0 N–H and O–H groups in total. The molecule has 2 aliphatic rings. The molecule has 0 bridgehead atoms. The van der Waals surface area contributed by atoms with Crippen molar-refractivity contribution in [1.29, 1.82) is 0 Å². The topological polar surface area (TPSA) is 36.0 Å². The van der Waals surface area contributed by atoms with Crippen molar-refractivity contribution in [3.63, 3.8) is 0 Å². The van der Waals surface area contributed by atoms with E-state index in [-0.39, 0.29) is 18.6 Å². The Balaban J connectivity index is 1.26. The number of amides is 1. The number of halogens is 1. The molecule has 0 aliphatic carbocycles. The quantitative estimate of drug-likeness (QED) is 0.562. The highest BCUT2D eigenvalue weighted by molar-refractivity contribution is 6.30. The second-order valence-corrected chi connectivity index (χ2v) is 9.17. The van der Waals surface area contributed by atoms with Gasteiger partial charge in [-0.1, -0.05) is 54.1 Å². The number of likely N-dealkylation sites (tertiary alicyclic amines) is 1. The summed E-state index contributed by atoms with van der Waals surface area (Å²) < 4.78 is 5.72. The van der Waals surface area contributed by atoms with Crippen LogP contribution in [0, 0.1) is 0 Å². The number of benzene rings is 2. The van der Waals surface area contributed by atoms with Gasteiger partial charge in [0.1, 0.15) is 6.61 Å².